The van der Waals surface area contributed by atoms with Crippen molar-refractivity contribution < 1.29 is 18.0 Å². The van der Waals surface area contributed by atoms with Crippen LogP contribution < -0.4 is 10.6 Å². The van der Waals surface area contributed by atoms with Gasteiger partial charge in [-0.15, -0.1) is 0 Å². The molecule has 2 rings (SSSR count). The van der Waals surface area contributed by atoms with E-state index in [1.54, 1.807) is 0 Å². The summed E-state index contributed by atoms with van der Waals surface area (Å²) in [6.45, 7) is 2.66. The lowest BCUT2D eigenvalue weighted by Gasteiger charge is -2.32. The summed E-state index contributed by atoms with van der Waals surface area (Å²) in [4.78, 5) is 13.5. The number of rotatable bonds is 5. The summed E-state index contributed by atoms with van der Waals surface area (Å²) in [5, 5.41) is 6.22. The van der Waals surface area contributed by atoms with Gasteiger partial charge in [-0.2, -0.15) is 13.2 Å². The van der Waals surface area contributed by atoms with Crippen molar-refractivity contribution in [1.29, 1.82) is 0 Å². The van der Waals surface area contributed by atoms with Crippen LogP contribution in [0.4, 0.5) is 13.2 Å². The van der Waals surface area contributed by atoms with Gasteiger partial charge in [0.15, 0.2) is 0 Å². The van der Waals surface area contributed by atoms with E-state index in [1.807, 2.05) is 0 Å². The van der Waals surface area contributed by atoms with Crippen LogP contribution in [-0.2, 0) is 4.79 Å². The molecule has 2 fully saturated rings. The normalized spacial score (nSPS) is 22.7. The number of likely N-dealkylation sites (tertiary alicyclic amines) is 1. The van der Waals surface area contributed by atoms with Gasteiger partial charge >= 0.3 is 6.18 Å². The van der Waals surface area contributed by atoms with Gasteiger partial charge in [-0.25, -0.2) is 0 Å². The summed E-state index contributed by atoms with van der Waals surface area (Å²) in [6.07, 6.45) is 0.133. The van der Waals surface area contributed by atoms with E-state index >= 15 is 0 Å². The van der Waals surface area contributed by atoms with E-state index in [0.717, 1.165) is 45.2 Å². The topological polar surface area (TPSA) is 44.4 Å². The molecule has 0 bridgehead atoms. The molecule has 7 heteroatoms. The quantitative estimate of drug-likeness (QED) is 0.811. The number of nitrogens with zero attached hydrogens (tertiary/aromatic N) is 1. The van der Waals surface area contributed by atoms with Crippen LogP contribution in [0.1, 0.15) is 32.1 Å². The maximum atomic E-state index is 12.3. The Hall–Kier alpha value is -0.820. The predicted octanol–water partition coefficient (Wildman–Crippen LogP) is 1.77. The Balaban J connectivity index is 1.58. The highest BCUT2D eigenvalue weighted by molar-refractivity contribution is 5.78. The third kappa shape index (κ3) is 6.12. The Labute approximate surface area is 129 Å². The van der Waals surface area contributed by atoms with Gasteiger partial charge < -0.3 is 10.6 Å². The van der Waals surface area contributed by atoms with Crippen molar-refractivity contribution in [1.82, 2.24) is 15.5 Å². The number of amides is 1. The highest BCUT2D eigenvalue weighted by Gasteiger charge is 2.32. The average molecular weight is 321 g/mol. The third-order valence-corrected chi connectivity index (χ3v) is 4.67. The Bertz CT molecular complexity index is 348. The van der Waals surface area contributed by atoms with Crippen molar-refractivity contribution in [2.45, 2.75) is 38.3 Å². The molecule has 0 saturated carbocycles. The van der Waals surface area contributed by atoms with Crippen LogP contribution in [0.2, 0.25) is 0 Å². The van der Waals surface area contributed by atoms with Gasteiger partial charge in [0.05, 0.1) is 6.54 Å². The van der Waals surface area contributed by atoms with Crippen LogP contribution in [0, 0.1) is 11.8 Å². The predicted molar refractivity (Wildman–Crippen MR) is 78.4 cm³/mol. The summed E-state index contributed by atoms with van der Waals surface area (Å²) in [5.74, 6) is 0.684. The summed E-state index contributed by atoms with van der Waals surface area (Å²) in [5.41, 5.74) is 0. The van der Waals surface area contributed by atoms with E-state index in [-0.39, 0.29) is 11.8 Å². The van der Waals surface area contributed by atoms with Crippen LogP contribution >= 0.6 is 0 Å². The largest absolute Gasteiger partial charge is 0.401 e. The second-order valence-electron chi connectivity index (χ2n) is 6.44. The monoisotopic (exact) mass is 321 g/mol. The number of carbonyl (C=O) groups excluding carboxylic acids is 1. The molecule has 0 unspecified atom stereocenters. The van der Waals surface area contributed by atoms with Crippen molar-refractivity contribution in [3.8, 4) is 0 Å². The second-order valence-corrected chi connectivity index (χ2v) is 6.44. The molecule has 2 heterocycles. The molecular weight excluding hydrogens is 295 g/mol. The van der Waals surface area contributed by atoms with Gasteiger partial charge in [-0.1, -0.05) is 0 Å². The van der Waals surface area contributed by atoms with Crippen molar-refractivity contribution in [3.05, 3.63) is 0 Å². The molecule has 0 radical (unpaired) electrons. The summed E-state index contributed by atoms with van der Waals surface area (Å²) in [6, 6.07) is 0. The number of carbonyl (C=O) groups is 1. The Morgan fingerprint density at radius 1 is 1.14 bits per heavy atom. The molecule has 0 spiro atoms. The Kier molecular flexibility index (Phi) is 6.50. The fourth-order valence-electron chi connectivity index (χ4n) is 3.31. The number of halogens is 3. The Morgan fingerprint density at radius 3 is 2.36 bits per heavy atom. The van der Waals surface area contributed by atoms with Gasteiger partial charge in [0.2, 0.25) is 5.91 Å². The fraction of sp³-hybridized carbons (Fsp3) is 0.933. The number of piperidine rings is 2. The van der Waals surface area contributed by atoms with Gasteiger partial charge in [-0.05, 0) is 64.2 Å². The summed E-state index contributed by atoms with van der Waals surface area (Å²) >= 11 is 0. The lowest BCUT2D eigenvalue weighted by Crippen LogP contribution is -2.41. The summed E-state index contributed by atoms with van der Waals surface area (Å²) < 4.78 is 36.9. The first kappa shape index (κ1) is 17.5. The van der Waals surface area contributed by atoms with E-state index in [9.17, 15) is 18.0 Å². The summed E-state index contributed by atoms with van der Waals surface area (Å²) in [7, 11) is 0. The molecule has 4 nitrogen and oxygen atoms in total. The third-order valence-electron chi connectivity index (χ3n) is 4.67. The molecule has 2 saturated heterocycles. The minimum absolute atomic E-state index is 0.120. The zero-order chi connectivity index (χ0) is 16.0. The van der Waals surface area contributed by atoms with E-state index in [2.05, 4.69) is 10.6 Å². The number of nitrogens with one attached hydrogen (secondary N) is 2. The highest BCUT2D eigenvalue weighted by Crippen LogP contribution is 2.24. The van der Waals surface area contributed by atoms with E-state index < -0.39 is 12.7 Å². The lowest BCUT2D eigenvalue weighted by atomic mass is 9.93. The van der Waals surface area contributed by atoms with E-state index in [0.29, 0.717) is 25.6 Å². The number of alkyl halides is 3. The van der Waals surface area contributed by atoms with Crippen molar-refractivity contribution in [3.63, 3.8) is 0 Å². The van der Waals surface area contributed by atoms with E-state index in [4.69, 9.17) is 0 Å². The minimum Gasteiger partial charge on any atom is -0.356 e. The van der Waals surface area contributed by atoms with Crippen LogP contribution in [0.15, 0.2) is 0 Å². The highest BCUT2D eigenvalue weighted by atomic mass is 19.4. The van der Waals surface area contributed by atoms with Gasteiger partial charge in [0.1, 0.15) is 0 Å². The first-order valence-electron chi connectivity index (χ1n) is 8.21. The van der Waals surface area contributed by atoms with E-state index in [1.165, 1.54) is 4.90 Å². The van der Waals surface area contributed by atoms with Gasteiger partial charge in [0.25, 0.3) is 0 Å². The molecule has 128 valence electrons. The number of hydrogen-bond donors (Lipinski definition) is 2. The molecule has 2 N–H and O–H groups in total. The first-order valence-corrected chi connectivity index (χ1v) is 8.21. The second kappa shape index (κ2) is 8.15. The molecule has 1 amide bonds. The molecule has 0 aromatic rings. The zero-order valence-electron chi connectivity index (χ0n) is 12.9. The van der Waals surface area contributed by atoms with Crippen LogP contribution in [0.3, 0.4) is 0 Å². The van der Waals surface area contributed by atoms with Gasteiger partial charge in [-0.3, -0.25) is 9.69 Å². The molecular formula is C15H26F3N3O. The fourth-order valence-corrected chi connectivity index (χ4v) is 3.31. The standard InChI is InChI=1S/C15H26F3N3O/c16-15(17,18)11-21-9-4-12(5-10-21)1-8-20-14(22)13-2-6-19-7-3-13/h12-13,19H,1-11H2,(H,20,22). The molecule has 2 aliphatic rings. The maximum Gasteiger partial charge on any atom is 0.401 e. The zero-order valence-corrected chi connectivity index (χ0v) is 12.9. The molecule has 0 aromatic heterocycles. The molecule has 2 aliphatic heterocycles. The van der Waals surface area contributed by atoms with Gasteiger partial charge in [0, 0.05) is 12.5 Å². The number of hydrogen-bond acceptors (Lipinski definition) is 3. The van der Waals surface area contributed by atoms with Crippen LogP contribution in [0.25, 0.3) is 0 Å². The maximum absolute atomic E-state index is 12.3. The molecule has 0 atom stereocenters. The van der Waals surface area contributed by atoms with Crippen molar-refractivity contribution in [2.75, 3.05) is 39.3 Å². The van der Waals surface area contributed by atoms with Crippen molar-refractivity contribution in [2.24, 2.45) is 11.8 Å². The smallest absolute Gasteiger partial charge is 0.356 e. The lowest BCUT2D eigenvalue weighted by molar-refractivity contribution is -0.148. The SMILES string of the molecule is O=C(NCCC1CCN(CC(F)(F)F)CC1)C1CCNCC1. The van der Waals surface area contributed by atoms with Crippen LogP contribution in [-0.4, -0.2) is 56.3 Å². The molecule has 0 aliphatic carbocycles. The average Bonchev–Trinajstić information content (AvgIpc) is 2.48. The first-order chi connectivity index (χ1) is 10.4. The minimum atomic E-state index is -4.10. The Morgan fingerprint density at radius 2 is 1.77 bits per heavy atom. The van der Waals surface area contributed by atoms with Crippen molar-refractivity contribution >= 4 is 5.91 Å². The molecule has 22 heavy (non-hydrogen) atoms. The molecule has 0 aromatic carbocycles. The van der Waals surface area contributed by atoms with Crippen LogP contribution in [0.5, 0.6) is 0 Å².